The summed E-state index contributed by atoms with van der Waals surface area (Å²) in [6.07, 6.45) is 4.71. The Hall–Kier alpha value is -0.610. The molecule has 0 spiro atoms. The fraction of sp³-hybridized carbons (Fsp3) is 0.769. The normalized spacial score (nSPS) is 24.7. The van der Waals surface area contributed by atoms with E-state index < -0.39 is 0 Å². The molecule has 2 atom stereocenters. The highest BCUT2D eigenvalue weighted by Gasteiger charge is 2.27. The molecule has 0 bridgehead atoms. The molecule has 1 fully saturated rings. The summed E-state index contributed by atoms with van der Waals surface area (Å²) in [6, 6.07) is 0. The molecule has 3 nitrogen and oxygen atoms in total. The first-order valence-electron chi connectivity index (χ1n) is 6.53. The Morgan fingerprint density at radius 1 is 1.59 bits per heavy atom. The molecule has 17 heavy (non-hydrogen) atoms. The molecule has 0 aromatic carbocycles. The van der Waals surface area contributed by atoms with Gasteiger partial charge >= 0.3 is 0 Å². The van der Waals surface area contributed by atoms with E-state index in [0.717, 1.165) is 30.8 Å². The third-order valence-electron chi connectivity index (χ3n) is 3.66. The SMILES string of the molecule is CCC1OCCC1Cn1c(C(C)C)c[nH]c1=S. The summed E-state index contributed by atoms with van der Waals surface area (Å²) in [4.78, 5) is 3.16. The summed E-state index contributed by atoms with van der Waals surface area (Å²) < 4.78 is 8.84. The van der Waals surface area contributed by atoms with Crippen molar-refractivity contribution in [3.05, 3.63) is 16.7 Å². The summed E-state index contributed by atoms with van der Waals surface area (Å²) in [5.41, 5.74) is 1.30. The van der Waals surface area contributed by atoms with E-state index in [1.165, 1.54) is 5.69 Å². The Kier molecular flexibility index (Phi) is 4.05. The van der Waals surface area contributed by atoms with Crippen molar-refractivity contribution in [2.75, 3.05) is 6.61 Å². The van der Waals surface area contributed by atoms with Crippen LogP contribution in [-0.2, 0) is 11.3 Å². The lowest BCUT2D eigenvalue weighted by molar-refractivity contribution is 0.0831. The van der Waals surface area contributed by atoms with Gasteiger partial charge in [-0.25, -0.2) is 0 Å². The van der Waals surface area contributed by atoms with Gasteiger partial charge in [0.2, 0.25) is 0 Å². The fourth-order valence-electron chi connectivity index (χ4n) is 2.66. The van der Waals surface area contributed by atoms with Crippen molar-refractivity contribution in [2.45, 2.75) is 52.2 Å². The summed E-state index contributed by atoms with van der Waals surface area (Å²) in [5, 5.41) is 0. The van der Waals surface area contributed by atoms with E-state index in [4.69, 9.17) is 17.0 Å². The third-order valence-corrected chi connectivity index (χ3v) is 4.00. The van der Waals surface area contributed by atoms with Crippen molar-refractivity contribution >= 4 is 12.2 Å². The molecule has 4 heteroatoms. The maximum absolute atomic E-state index is 5.75. The van der Waals surface area contributed by atoms with Crippen LogP contribution in [0, 0.1) is 10.7 Å². The molecule has 1 aromatic rings. The molecule has 1 aliphatic heterocycles. The van der Waals surface area contributed by atoms with E-state index in [-0.39, 0.29) is 0 Å². The lowest BCUT2D eigenvalue weighted by Gasteiger charge is -2.19. The van der Waals surface area contributed by atoms with Gasteiger partial charge in [-0.1, -0.05) is 20.8 Å². The summed E-state index contributed by atoms with van der Waals surface area (Å²) in [6.45, 7) is 8.50. The minimum atomic E-state index is 0.409. The van der Waals surface area contributed by atoms with Crippen LogP contribution in [0.4, 0.5) is 0 Å². The number of aromatic amines is 1. The highest BCUT2D eigenvalue weighted by molar-refractivity contribution is 7.71. The number of rotatable bonds is 4. The minimum absolute atomic E-state index is 0.409. The van der Waals surface area contributed by atoms with Crippen LogP contribution in [0.1, 0.15) is 45.2 Å². The standard InChI is InChI=1S/C13H22N2OS/c1-4-12-10(5-6-16-12)8-15-11(9(2)3)7-14-13(15)17/h7,9-10,12H,4-6,8H2,1-3H3,(H,14,17). The molecular weight excluding hydrogens is 232 g/mol. The Bertz CT molecular complexity index is 421. The number of nitrogens with one attached hydrogen (secondary N) is 1. The Labute approximate surface area is 108 Å². The van der Waals surface area contributed by atoms with Crippen molar-refractivity contribution in [1.29, 1.82) is 0 Å². The van der Waals surface area contributed by atoms with Gasteiger partial charge in [-0.3, -0.25) is 0 Å². The Balaban J connectivity index is 2.18. The van der Waals surface area contributed by atoms with Gasteiger partial charge in [0.15, 0.2) is 4.77 Å². The average Bonchev–Trinajstić information content (AvgIpc) is 2.87. The molecule has 2 unspecified atom stereocenters. The number of ether oxygens (including phenoxy) is 1. The zero-order valence-electron chi connectivity index (χ0n) is 10.9. The number of nitrogens with zero attached hydrogens (tertiary/aromatic N) is 1. The van der Waals surface area contributed by atoms with Crippen LogP contribution in [-0.4, -0.2) is 22.3 Å². The molecule has 0 radical (unpaired) electrons. The average molecular weight is 254 g/mol. The van der Waals surface area contributed by atoms with Crippen LogP contribution in [0.3, 0.4) is 0 Å². The van der Waals surface area contributed by atoms with Crippen LogP contribution < -0.4 is 0 Å². The second-order valence-corrected chi connectivity index (χ2v) is 5.54. The van der Waals surface area contributed by atoms with E-state index >= 15 is 0 Å². The number of aromatic nitrogens is 2. The maximum Gasteiger partial charge on any atom is 0.177 e. The van der Waals surface area contributed by atoms with Gasteiger partial charge in [0, 0.05) is 31.0 Å². The molecule has 1 N–H and O–H groups in total. The van der Waals surface area contributed by atoms with Crippen molar-refractivity contribution in [3.63, 3.8) is 0 Å². The molecule has 2 rings (SSSR count). The topological polar surface area (TPSA) is 29.9 Å². The molecule has 1 saturated heterocycles. The maximum atomic E-state index is 5.75. The predicted molar refractivity (Wildman–Crippen MR) is 71.8 cm³/mol. The van der Waals surface area contributed by atoms with Crippen molar-refractivity contribution in [3.8, 4) is 0 Å². The lowest BCUT2D eigenvalue weighted by Crippen LogP contribution is -2.21. The summed E-state index contributed by atoms with van der Waals surface area (Å²) in [5.74, 6) is 1.12. The zero-order valence-corrected chi connectivity index (χ0v) is 11.7. The van der Waals surface area contributed by atoms with Crippen LogP contribution in [0.25, 0.3) is 0 Å². The monoisotopic (exact) mass is 254 g/mol. The molecule has 1 aromatic heterocycles. The van der Waals surface area contributed by atoms with E-state index in [9.17, 15) is 0 Å². The van der Waals surface area contributed by atoms with Gasteiger partial charge in [-0.15, -0.1) is 0 Å². The number of H-pyrrole nitrogens is 1. The molecular formula is C13H22N2OS. The Morgan fingerprint density at radius 3 is 3.00 bits per heavy atom. The molecule has 1 aliphatic rings. The highest BCUT2D eigenvalue weighted by Crippen LogP contribution is 2.26. The third kappa shape index (κ3) is 2.63. The lowest BCUT2D eigenvalue weighted by atomic mass is 9.99. The highest BCUT2D eigenvalue weighted by atomic mass is 32.1. The first-order chi connectivity index (χ1) is 8.13. The first-order valence-corrected chi connectivity index (χ1v) is 6.94. The Morgan fingerprint density at radius 2 is 2.35 bits per heavy atom. The van der Waals surface area contributed by atoms with Crippen LogP contribution >= 0.6 is 12.2 Å². The number of imidazole rings is 1. The van der Waals surface area contributed by atoms with Crippen LogP contribution in [0.2, 0.25) is 0 Å². The second-order valence-electron chi connectivity index (χ2n) is 5.15. The molecule has 0 saturated carbocycles. The van der Waals surface area contributed by atoms with E-state index in [1.807, 2.05) is 6.20 Å². The molecule has 0 amide bonds. The van der Waals surface area contributed by atoms with Gasteiger partial charge < -0.3 is 14.3 Å². The van der Waals surface area contributed by atoms with Crippen LogP contribution in [0.15, 0.2) is 6.20 Å². The number of hydrogen-bond acceptors (Lipinski definition) is 2. The fourth-order valence-corrected chi connectivity index (χ4v) is 2.90. The first kappa shape index (κ1) is 12.8. The quantitative estimate of drug-likeness (QED) is 0.834. The minimum Gasteiger partial charge on any atom is -0.378 e. The smallest absolute Gasteiger partial charge is 0.177 e. The van der Waals surface area contributed by atoms with E-state index in [2.05, 4.69) is 30.3 Å². The second kappa shape index (κ2) is 5.36. The molecule has 2 heterocycles. The number of hydrogen-bond donors (Lipinski definition) is 1. The van der Waals surface area contributed by atoms with Gasteiger partial charge in [0.05, 0.1) is 6.10 Å². The van der Waals surface area contributed by atoms with Gasteiger partial charge in [-0.05, 0) is 31.0 Å². The predicted octanol–water partition coefficient (Wildman–Crippen LogP) is 3.48. The van der Waals surface area contributed by atoms with Crippen molar-refractivity contribution in [2.24, 2.45) is 5.92 Å². The summed E-state index contributed by atoms with van der Waals surface area (Å²) >= 11 is 5.37. The zero-order chi connectivity index (χ0) is 12.4. The molecule has 96 valence electrons. The van der Waals surface area contributed by atoms with Crippen molar-refractivity contribution < 1.29 is 4.74 Å². The van der Waals surface area contributed by atoms with Crippen LogP contribution in [0.5, 0.6) is 0 Å². The van der Waals surface area contributed by atoms with Gasteiger partial charge in [0.1, 0.15) is 0 Å². The van der Waals surface area contributed by atoms with E-state index in [1.54, 1.807) is 0 Å². The molecule has 0 aliphatic carbocycles. The van der Waals surface area contributed by atoms with E-state index in [0.29, 0.717) is 17.9 Å². The van der Waals surface area contributed by atoms with Crippen molar-refractivity contribution in [1.82, 2.24) is 9.55 Å². The summed E-state index contributed by atoms with van der Waals surface area (Å²) in [7, 11) is 0. The van der Waals surface area contributed by atoms with Gasteiger partial charge in [0.25, 0.3) is 0 Å². The largest absolute Gasteiger partial charge is 0.378 e. The van der Waals surface area contributed by atoms with Gasteiger partial charge in [-0.2, -0.15) is 0 Å².